The van der Waals surface area contributed by atoms with Gasteiger partial charge in [-0.25, -0.2) is 4.79 Å². The fourth-order valence-electron chi connectivity index (χ4n) is 1.77. The molecule has 0 saturated carbocycles. The van der Waals surface area contributed by atoms with E-state index in [0.717, 1.165) is 5.56 Å². The second-order valence-electron chi connectivity index (χ2n) is 4.82. The number of aliphatic carboxylic acids is 1. The Bertz CT molecular complexity index is 490. The highest BCUT2D eigenvalue weighted by molar-refractivity contribution is 5.94. The number of nitrogens with zero attached hydrogens (tertiary/aromatic N) is 1. The lowest BCUT2D eigenvalue weighted by Gasteiger charge is -2.09. The summed E-state index contributed by atoms with van der Waals surface area (Å²) in [6.45, 7) is 2.03. The van der Waals surface area contributed by atoms with Crippen LogP contribution in [0.3, 0.4) is 0 Å². The van der Waals surface area contributed by atoms with Gasteiger partial charge in [-0.3, -0.25) is 19.9 Å². The molecule has 7 nitrogen and oxygen atoms in total. The van der Waals surface area contributed by atoms with Gasteiger partial charge in [0.1, 0.15) is 0 Å². The van der Waals surface area contributed by atoms with E-state index in [0.29, 0.717) is 13.0 Å². The molecule has 0 aliphatic carbocycles. The van der Waals surface area contributed by atoms with Crippen LogP contribution in [0.25, 0.3) is 0 Å². The number of amides is 3. The van der Waals surface area contributed by atoms with Crippen LogP contribution in [0, 0.1) is 5.92 Å². The summed E-state index contributed by atoms with van der Waals surface area (Å²) in [5.74, 6) is -1.76. The average molecular weight is 293 g/mol. The van der Waals surface area contributed by atoms with Crippen molar-refractivity contribution in [2.75, 3.05) is 6.54 Å². The van der Waals surface area contributed by atoms with Crippen LogP contribution in [-0.2, 0) is 16.0 Å². The number of hydrogen-bond acceptors (Lipinski definition) is 4. The molecule has 3 amide bonds. The summed E-state index contributed by atoms with van der Waals surface area (Å²) in [5.41, 5.74) is 0.985. The number of carboxylic acids is 1. The normalized spacial score (nSPS) is 11.5. The highest BCUT2D eigenvalue weighted by Crippen LogP contribution is 2.06. The number of carbonyl (C=O) groups is 3. The summed E-state index contributed by atoms with van der Waals surface area (Å²) in [7, 11) is 0. The zero-order valence-electron chi connectivity index (χ0n) is 11.8. The fourth-order valence-corrected chi connectivity index (χ4v) is 1.77. The van der Waals surface area contributed by atoms with E-state index in [4.69, 9.17) is 5.11 Å². The standard InChI is InChI=1S/C14H19N3O4/c1-10(8-13(19)20)7-12(18)17-14(21)16-6-4-11-3-2-5-15-9-11/h2-3,5,9-10H,4,6-8H2,1H3,(H,19,20)(H2,16,17,18,21). The first-order valence-corrected chi connectivity index (χ1v) is 6.65. The molecular formula is C14H19N3O4. The third-order valence-electron chi connectivity index (χ3n) is 2.73. The molecule has 0 aliphatic heterocycles. The molecule has 0 radical (unpaired) electrons. The molecule has 3 N–H and O–H groups in total. The van der Waals surface area contributed by atoms with Crippen LogP contribution in [-0.4, -0.2) is 34.5 Å². The quantitative estimate of drug-likeness (QED) is 0.693. The van der Waals surface area contributed by atoms with E-state index >= 15 is 0 Å². The molecule has 21 heavy (non-hydrogen) atoms. The lowest BCUT2D eigenvalue weighted by molar-refractivity contribution is -0.138. The van der Waals surface area contributed by atoms with Crippen LogP contribution in [0.5, 0.6) is 0 Å². The van der Waals surface area contributed by atoms with Crippen molar-refractivity contribution in [3.8, 4) is 0 Å². The second kappa shape index (κ2) is 8.68. The topological polar surface area (TPSA) is 108 Å². The number of aromatic nitrogens is 1. The predicted octanol–water partition coefficient (Wildman–Crippen LogP) is 0.951. The van der Waals surface area contributed by atoms with Gasteiger partial charge in [0.2, 0.25) is 5.91 Å². The van der Waals surface area contributed by atoms with Gasteiger partial charge in [-0.2, -0.15) is 0 Å². The van der Waals surface area contributed by atoms with Crippen molar-refractivity contribution in [2.24, 2.45) is 5.92 Å². The number of rotatable bonds is 7. The summed E-state index contributed by atoms with van der Waals surface area (Å²) in [5, 5.41) is 13.3. The molecule has 0 fully saturated rings. The van der Waals surface area contributed by atoms with Gasteiger partial charge in [0.15, 0.2) is 0 Å². The molecule has 1 heterocycles. The largest absolute Gasteiger partial charge is 0.481 e. The molecule has 1 unspecified atom stereocenters. The number of pyridine rings is 1. The van der Waals surface area contributed by atoms with E-state index < -0.39 is 17.9 Å². The summed E-state index contributed by atoms with van der Waals surface area (Å²) in [6, 6.07) is 3.13. The van der Waals surface area contributed by atoms with Crippen molar-refractivity contribution in [3.05, 3.63) is 30.1 Å². The van der Waals surface area contributed by atoms with Gasteiger partial charge < -0.3 is 10.4 Å². The maximum Gasteiger partial charge on any atom is 0.321 e. The summed E-state index contributed by atoms with van der Waals surface area (Å²) in [6.07, 6.45) is 3.89. The third-order valence-corrected chi connectivity index (χ3v) is 2.73. The van der Waals surface area contributed by atoms with E-state index in [1.165, 1.54) is 0 Å². The first-order valence-electron chi connectivity index (χ1n) is 6.65. The Morgan fingerprint density at radius 3 is 2.71 bits per heavy atom. The minimum absolute atomic E-state index is 0.00231. The van der Waals surface area contributed by atoms with Crippen LogP contribution < -0.4 is 10.6 Å². The van der Waals surface area contributed by atoms with E-state index in [1.807, 2.05) is 12.1 Å². The Hall–Kier alpha value is -2.44. The van der Waals surface area contributed by atoms with Crippen molar-refractivity contribution in [3.63, 3.8) is 0 Å². The minimum Gasteiger partial charge on any atom is -0.481 e. The van der Waals surface area contributed by atoms with Gasteiger partial charge in [-0.15, -0.1) is 0 Å². The molecule has 0 aromatic carbocycles. The molecule has 0 bridgehead atoms. The lowest BCUT2D eigenvalue weighted by Crippen LogP contribution is -2.40. The molecule has 0 spiro atoms. The fraction of sp³-hybridized carbons (Fsp3) is 0.429. The molecule has 1 rings (SSSR count). The Labute approximate surface area is 122 Å². The molecule has 1 aromatic heterocycles. The van der Waals surface area contributed by atoms with Crippen LogP contribution in [0.15, 0.2) is 24.5 Å². The molecular weight excluding hydrogens is 274 g/mol. The average Bonchev–Trinajstić information content (AvgIpc) is 2.38. The minimum atomic E-state index is -0.962. The van der Waals surface area contributed by atoms with Gasteiger partial charge in [-0.1, -0.05) is 13.0 Å². The molecule has 1 aromatic rings. The number of nitrogens with one attached hydrogen (secondary N) is 2. The second-order valence-corrected chi connectivity index (χ2v) is 4.82. The van der Waals surface area contributed by atoms with E-state index in [1.54, 1.807) is 19.3 Å². The zero-order valence-corrected chi connectivity index (χ0v) is 11.8. The number of urea groups is 1. The molecule has 0 saturated heterocycles. The van der Waals surface area contributed by atoms with E-state index in [2.05, 4.69) is 15.6 Å². The lowest BCUT2D eigenvalue weighted by atomic mass is 10.0. The van der Waals surface area contributed by atoms with E-state index in [9.17, 15) is 14.4 Å². The van der Waals surface area contributed by atoms with Gasteiger partial charge in [0.05, 0.1) is 0 Å². The Morgan fingerprint density at radius 1 is 1.33 bits per heavy atom. The smallest absolute Gasteiger partial charge is 0.321 e. The number of hydrogen-bond donors (Lipinski definition) is 3. The summed E-state index contributed by atoms with van der Waals surface area (Å²) >= 11 is 0. The van der Waals surface area contributed by atoms with Crippen LogP contribution in [0.2, 0.25) is 0 Å². The Morgan fingerprint density at radius 2 is 2.10 bits per heavy atom. The SMILES string of the molecule is CC(CC(=O)O)CC(=O)NC(=O)NCCc1cccnc1. The Balaban J connectivity index is 2.21. The highest BCUT2D eigenvalue weighted by Gasteiger charge is 2.14. The molecule has 1 atom stereocenters. The maximum atomic E-state index is 11.5. The van der Waals surface area contributed by atoms with Gasteiger partial charge in [0.25, 0.3) is 0 Å². The van der Waals surface area contributed by atoms with Crippen molar-refractivity contribution < 1.29 is 19.5 Å². The van der Waals surface area contributed by atoms with Gasteiger partial charge in [-0.05, 0) is 24.0 Å². The van der Waals surface area contributed by atoms with Crippen molar-refractivity contribution in [1.82, 2.24) is 15.6 Å². The predicted molar refractivity (Wildman–Crippen MR) is 75.5 cm³/mol. The first kappa shape index (κ1) is 16.6. The maximum absolute atomic E-state index is 11.5. The Kier molecular flexibility index (Phi) is 6.86. The zero-order chi connectivity index (χ0) is 15.7. The van der Waals surface area contributed by atoms with Gasteiger partial charge >= 0.3 is 12.0 Å². The van der Waals surface area contributed by atoms with Crippen LogP contribution in [0.4, 0.5) is 4.79 Å². The van der Waals surface area contributed by atoms with Crippen LogP contribution in [0.1, 0.15) is 25.3 Å². The first-order chi connectivity index (χ1) is 9.97. The van der Waals surface area contributed by atoms with E-state index in [-0.39, 0.29) is 18.8 Å². The molecule has 7 heteroatoms. The van der Waals surface area contributed by atoms with Gasteiger partial charge in [0, 0.05) is 31.8 Å². The van der Waals surface area contributed by atoms with Crippen molar-refractivity contribution >= 4 is 17.9 Å². The van der Waals surface area contributed by atoms with Crippen molar-refractivity contribution in [1.29, 1.82) is 0 Å². The number of carboxylic acid groups (broad SMARTS) is 1. The van der Waals surface area contributed by atoms with Crippen LogP contribution >= 0.6 is 0 Å². The number of imide groups is 1. The van der Waals surface area contributed by atoms with Crippen molar-refractivity contribution in [2.45, 2.75) is 26.2 Å². The highest BCUT2D eigenvalue weighted by atomic mass is 16.4. The summed E-state index contributed by atoms with van der Waals surface area (Å²) in [4.78, 5) is 37.4. The molecule has 114 valence electrons. The monoisotopic (exact) mass is 293 g/mol. The summed E-state index contributed by atoms with van der Waals surface area (Å²) < 4.78 is 0. The molecule has 0 aliphatic rings. The number of carbonyl (C=O) groups excluding carboxylic acids is 2. The third kappa shape index (κ3) is 7.66.